The molecule has 3 N–H and O–H groups in total. The van der Waals surface area contributed by atoms with Gasteiger partial charge in [0, 0.05) is 19.7 Å². The van der Waals surface area contributed by atoms with Crippen LogP contribution in [0.4, 0.5) is 5.82 Å². The van der Waals surface area contributed by atoms with Gasteiger partial charge in [-0.25, -0.2) is 9.50 Å². The number of aliphatic imine (C=N–C) groups is 1. The number of aliphatic hydroxyl groups excluding tert-OH is 1. The van der Waals surface area contributed by atoms with Crippen molar-refractivity contribution in [2.24, 2.45) is 16.3 Å². The molecule has 0 unspecified atom stereocenters. The van der Waals surface area contributed by atoms with Crippen molar-refractivity contribution in [1.29, 1.82) is 0 Å². The minimum absolute atomic E-state index is 0.0553. The molecule has 1 fully saturated rings. The van der Waals surface area contributed by atoms with Gasteiger partial charge in [-0.1, -0.05) is 13.8 Å². The number of ether oxygens (including phenoxy) is 4. The van der Waals surface area contributed by atoms with Crippen molar-refractivity contribution >= 4 is 29.5 Å². The SMILES string of the molecule is CN=C[C@@]1(c2ccc3c(N)ncnn23)O[C@H](COCOC(=O)C(C)(C)C)[C@@H](OC(=O)CC(C)C)[C@H]1O. The molecule has 0 bridgehead atoms. The minimum atomic E-state index is -1.54. The van der Waals surface area contributed by atoms with Crippen molar-refractivity contribution < 1.29 is 33.6 Å². The summed E-state index contributed by atoms with van der Waals surface area (Å²) in [5.41, 5.74) is 4.67. The summed E-state index contributed by atoms with van der Waals surface area (Å²) in [5.74, 6) is -0.621. The standard InChI is InChI=1S/C24H35N5O7/c1-14(2)9-18(30)35-19-16(10-33-13-34-22(32)23(3,4)5)36-24(11-26-6,20(19)31)17-8-7-15-21(25)27-12-28-29(15)17/h7-8,11-12,14,16,19-20,31H,9-10,13H2,1-6H3,(H2,25,27,28)/t16-,19-,20-,24+/m1/s1. The van der Waals surface area contributed by atoms with Crippen LogP contribution in [0.15, 0.2) is 23.5 Å². The molecular weight excluding hydrogens is 470 g/mol. The van der Waals surface area contributed by atoms with Gasteiger partial charge in [-0.05, 0) is 38.8 Å². The van der Waals surface area contributed by atoms with Gasteiger partial charge in [0.05, 0.1) is 17.7 Å². The zero-order valence-corrected chi connectivity index (χ0v) is 21.5. The quantitative estimate of drug-likeness (QED) is 0.221. The van der Waals surface area contributed by atoms with Crippen LogP contribution in [0.1, 0.15) is 46.7 Å². The molecular formula is C24H35N5O7. The van der Waals surface area contributed by atoms with Gasteiger partial charge in [-0.15, -0.1) is 0 Å². The Balaban J connectivity index is 1.91. The van der Waals surface area contributed by atoms with E-state index in [-0.39, 0.29) is 31.6 Å². The van der Waals surface area contributed by atoms with Crippen LogP contribution in [0.3, 0.4) is 0 Å². The molecule has 36 heavy (non-hydrogen) atoms. The number of carbonyl (C=O) groups is 2. The van der Waals surface area contributed by atoms with Crippen molar-refractivity contribution in [3.8, 4) is 0 Å². The summed E-state index contributed by atoms with van der Waals surface area (Å²) in [6, 6.07) is 3.38. The molecule has 198 valence electrons. The maximum absolute atomic E-state index is 12.6. The van der Waals surface area contributed by atoms with Gasteiger partial charge in [-0.2, -0.15) is 5.10 Å². The van der Waals surface area contributed by atoms with E-state index in [9.17, 15) is 14.7 Å². The van der Waals surface area contributed by atoms with Crippen LogP contribution < -0.4 is 5.73 Å². The van der Waals surface area contributed by atoms with Crippen molar-refractivity contribution in [2.75, 3.05) is 26.2 Å². The summed E-state index contributed by atoms with van der Waals surface area (Å²) in [4.78, 5) is 32.7. The number of fused-ring (bicyclic) bond motifs is 1. The van der Waals surface area contributed by atoms with Crippen LogP contribution >= 0.6 is 0 Å². The van der Waals surface area contributed by atoms with Crippen molar-refractivity contribution in [2.45, 2.75) is 65.0 Å². The molecule has 0 aromatic carbocycles. The second-order valence-corrected chi connectivity index (χ2v) is 10.2. The van der Waals surface area contributed by atoms with Crippen molar-refractivity contribution in [1.82, 2.24) is 14.6 Å². The molecule has 0 saturated carbocycles. The van der Waals surface area contributed by atoms with E-state index in [1.165, 1.54) is 24.1 Å². The topological polar surface area (TPSA) is 160 Å². The number of carbonyl (C=O) groups excluding carboxylic acids is 2. The minimum Gasteiger partial charge on any atom is -0.457 e. The third-order valence-corrected chi connectivity index (χ3v) is 5.68. The van der Waals surface area contributed by atoms with E-state index < -0.39 is 41.3 Å². The molecule has 0 radical (unpaired) electrons. The summed E-state index contributed by atoms with van der Waals surface area (Å²) in [7, 11) is 1.53. The summed E-state index contributed by atoms with van der Waals surface area (Å²) >= 11 is 0. The van der Waals surface area contributed by atoms with E-state index in [1.807, 2.05) is 13.8 Å². The number of esters is 2. The largest absolute Gasteiger partial charge is 0.457 e. The molecule has 3 rings (SSSR count). The Bertz CT molecular complexity index is 1110. The molecule has 0 aliphatic carbocycles. The van der Waals surface area contributed by atoms with Crippen LogP contribution in [0.5, 0.6) is 0 Å². The first-order chi connectivity index (χ1) is 16.9. The maximum Gasteiger partial charge on any atom is 0.313 e. The van der Waals surface area contributed by atoms with Crippen LogP contribution in [-0.2, 0) is 34.1 Å². The smallest absolute Gasteiger partial charge is 0.313 e. The Hall–Kier alpha value is -3.09. The highest BCUT2D eigenvalue weighted by molar-refractivity contribution is 5.76. The predicted molar refractivity (Wildman–Crippen MR) is 130 cm³/mol. The van der Waals surface area contributed by atoms with Crippen LogP contribution in [-0.4, -0.2) is 76.6 Å². The summed E-state index contributed by atoms with van der Waals surface area (Å²) < 4.78 is 24.2. The molecule has 0 spiro atoms. The van der Waals surface area contributed by atoms with Crippen LogP contribution in [0.25, 0.3) is 5.52 Å². The third-order valence-electron chi connectivity index (χ3n) is 5.68. The highest BCUT2D eigenvalue weighted by Crippen LogP contribution is 2.41. The van der Waals surface area contributed by atoms with Gasteiger partial charge in [-0.3, -0.25) is 14.6 Å². The van der Waals surface area contributed by atoms with E-state index in [1.54, 1.807) is 32.9 Å². The number of aliphatic hydroxyl groups is 1. The zero-order chi connectivity index (χ0) is 26.7. The number of nitrogens with zero attached hydrogens (tertiary/aromatic N) is 4. The molecule has 2 aromatic rings. The lowest BCUT2D eigenvalue weighted by Crippen LogP contribution is -2.45. The van der Waals surface area contributed by atoms with E-state index in [2.05, 4.69) is 15.1 Å². The normalized spacial score (nSPS) is 24.6. The van der Waals surface area contributed by atoms with Crippen LogP contribution in [0, 0.1) is 11.3 Å². The number of rotatable bonds is 9. The summed E-state index contributed by atoms with van der Waals surface area (Å²) in [5, 5.41) is 15.8. The summed E-state index contributed by atoms with van der Waals surface area (Å²) in [6.07, 6.45) is -0.497. The second-order valence-electron chi connectivity index (χ2n) is 10.2. The highest BCUT2D eigenvalue weighted by atomic mass is 16.7. The summed E-state index contributed by atoms with van der Waals surface area (Å²) in [6.45, 7) is 8.50. The number of anilines is 1. The Kier molecular flexibility index (Phi) is 8.32. The molecule has 2 aromatic heterocycles. The first kappa shape index (κ1) is 27.5. The number of hydrogen-bond donors (Lipinski definition) is 2. The van der Waals surface area contributed by atoms with Gasteiger partial charge >= 0.3 is 11.9 Å². The molecule has 4 atom stereocenters. The molecule has 12 nitrogen and oxygen atoms in total. The molecule has 1 saturated heterocycles. The number of aromatic nitrogens is 3. The molecule has 12 heteroatoms. The molecule has 1 aliphatic heterocycles. The lowest BCUT2D eigenvalue weighted by Gasteiger charge is -2.28. The average Bonchev–Trinajstić information content (AvgIpc) is 3.32. The Morgan fingerprint density at radius 3 is 2.72 bits per heavy atom. The fraction of sp³-hybridized carbons (Fsp3) is 0.625. The van der Waals surface area contributed by atoms with Gasteiger partial charge in [0.25, 0.3) is 0 Å². The van der Waals surface area contributed by atoms with Crippen molar-refractivity contribution in [3.63, 3.8) is 0 Å². The lowest BCUT2D eigenvalue weighted by atomic mass is 9.92. The fourth-order valence-corrected chi connectivity index (χ4v) is 3.94. The molecule has 0 amide bonds. The third kappa shape index (κ3) is 5.66. The fourth-order valence-electron chi connectivity index (χ4n) is 3.94. The number of nitrogens with two attached hydrogens (primary N) is 1. The Morgan fingerprint density at radius 2 is 2.08 bits per heavy atom. The van der Waals surface area contributed by atoms with Gasteiger partial charge in [0.1, 0.15) is 24.1 Å². The first-order valence-corrected chi connectivity index (χ1v) is 11.7. The Morgan fingerprint density at radius 1 is 1.36 bits per heavy atom. The lowest BCUT2D eigenvalue weighted by molar-refractivity contribution is -0.172. The number of hydrogen-bond acceptors (Lipinski definition) is 11. The monoisotopic (exact) mass is 505 g/mol. The maximum atomic E-state index is 12.6. The van der Waals surface area contributed by atoms with E-state index in [0.717, 1.165) is 0 Å². The molecule has 3 heterocycles. The predicted octanol–water partition coefficient (Wildman–Crippen LogP) is 1.49. The highest BCUT2D eigenvalue weighted by Gasteiger charge is 2.58. The zero-order valence-electron chi connectivity index (χ0n) is 21.5. The molecule has 1 aliphatic rings. The van der Waals surface area contributed by atoms with Gasteiger partial charge in [0.15, 0.2) is 24.3 Å². The van der Waals surface area contributed by atoms with E-state index >= 15 is 0 Å². The van der Waals surface area contributed by atoms with Gasteiger partial charge < -0.3 is 29.8 Å². The Labute approximate surface area is 209 Å². The van der Waals surface area contributed by atoms with Gasteiger partial charge in [0.2, 0.25) is 0 Å². The first-order valence-electron chi connectivity index (χ1n) is 11.7. The average molecular weight is 506 g/mol. The van der Waals surface area contributed by atoms with E-state index in [4.69, 9.17) is 24.7 Å². The number of nitrogen functional groups attached to an aromatic ring is 1. The van der Waals surface area contributed by atoms with Crippen LogP contribution in [0.2, 0.25) is 0 Å². The second kappa shape index (κ2) is 10.9. The van der Waals surface area contributed by atoms with Crippen molar-refractivity contribution in [3.05, 3.63) is 24.2 Å². The van der Waals surface area contributed by atoms with E-state index in [0.29, 0.717) is 11.2 Å².